The predicted molar refractivity (Wildman–Crippen MR) is 194 cm³/mol. The molecule has 0 spiro atoms. The fourth-order valence-electron chi connectivity index (χ4n) is 6.16. The number of esters is 1. The Morgan fingerprint density at radius 3 is 2.43 bits per heavy atom. The number of thioether (sulfide) groups is 1. The van der Waals surface area contributed by atoms with Gasteiger partial charge in [-0.1, -0.05) is 84.0 Å². The maximum absolute atomic E-state index is 14.3. The van der Waals surface area contributed by atoms with Crippen LogP contribution in [0.1, 0.15) is 78.5 Å². The SMILES string of the molecule is CCCCCCSc1cc2c3c(n(C(=O)c4ccc(Oc5ccccc5)cc4)c2cc1Cl)CCCC3C(=O)OCc1ccc(Br)cc1. The van der Waals surface area contributed by atoms with Gasteiger partial charge in [0.05, 0.1) is 16.5 Å². The number of unbranched alkanes of at least 4 members (excludes halogenated alkanes) is 3. The molecule has 0 radical (unpaired) electrons. The Hall–Kier alpha value is -3.52. The van der Waals surface area contributed by atoms with Crippen LogP contribution in [-0.4, -0.2) is 22.2 Å². The monoisotopic (exact) mass is 729 g/mol. The van der Waals surface area contributed by atoms with Crippen molar-refractivity contribution < 1.29 is 19.1 Å². The normalized spacial score (nSPS) is 14.1. The van der Waals surface area contributed by atoms with Gasteiger partial charge >= 0.3 is 5.97 Å². The number of carbonyl (C=O) groups is 2. The fraction of sp³-hybridized carbons (Fsp3) is 0.282. The molecule has 0 aliphatic heterocycles. The Morgan fingerprint density at radius 1 is 0.936 bits per heavy atom. The molecule has 1 heterocycles. The zero-order valence-electron chi connectivity index (χ0n) is 26.3. The van der Waals surface area contributed by atoms with Crippen molar-refractivity contribution >= 4 is 62.1 Å². The molecule has 4 aromatic carbocycles. The van der Waals surface area contributed by atoms with Crippen molar-refractivity contribution in [2.24, 2.45) is 0 Å². The molecule has 0 N–H and O–H groups in total. The van der Waals surface area contributed by atoms with E-state index in [9.17, 15) is 9.59 Å². The first-order chi connectivity index (χ1) is 22.9. The number of ether oxygens (including phenoxy) is 2. The van der Waals surface area contributed by atoms with Crippen molar-refractivity contribution in [1.82, 2.24) is 4.57 Å². The number of aromatic nitrogens is 1. The van der Waals surface area contributed by atoms with Crippen molar-refractivity contribution in [3.8, 4) is 11.5 Å². The first-order valence-corrected chi connectivity index (χ1v) is 18.4. The molecular weight excluding hydrogens is 694 g/mol. The third-order valence-electron chi connectivity index (χ3n) is 8.53. The summed E-state index contributed by atoms with van der Waals surface area (Å²) in [6, 6.07) is 28.5. The van der Waals surface area contributed by atoms with Gasteiger partial charge in [-0.2, -0.15) is 0 Å². The van der Waals surface area contributed by atoms with Crippen LogP contribution in [0.4, 0.5) is 0 Å². The summed E-state index contributed by atoms with van der Waals surface area (Å²) >= 11 is 12.1. The third kappa shape index (κ3) is 7.80. The second-order valence-electron chi connectivity index (χ2n) is 11.8. The highest BCUT2D eigenvalue weighted by molar-refractivity contribution is 9.10. The summed E-state index contributed by atoms with van der Waals surface area (Å²) < 4.78 is 14.6. The van der Waals surface area contributed by atoms with Crippen molar-refractivity contribution in [1.29, 1.82) is 0 Å². The minimum atomic E-state index is -0.476. The van der Waals surface area contributed by atoms with Crippen LogP contribution in [0.2, 0.25) is 5.02 Å². The lowest BCUT2D eigenvalue weighted by Gasteiger charge is -2.23. The van der Waals surface area contributed by atoms with Gasteiger partial charge in [0.2, 0.25) is 0 Å². The van der Waals surface area contributed by atoms with Crippen LogP contribution in [0.5, 0.6) is 11.5 Å². The van der Waals surface area contributed by atoms with E-state index >= 15 is 0 Å². The maximum Gasteiger partial charge on any atom is 0.313 e. The van der Waals surface area contributed by atoms with E-state index in [0.29, 0.717) is 29.2 Å². The second kappa shape index (κ2) is 15.6. The number of rotatable bonds is 12. The lowest BCUT2D eigenvalue weighted by atomic mass is 9.85. The molecule has 0 saturated heterocycles. The Kier molecular flexibility index (Phi) is 11.1. The number of benzene rings is 4. The standard InChI is InChI=1S/C39H37BrClNO4S/c1-2-3-4-8-22-47-36-23-32-35(24-33(36)41)42(38(43)27-16-20-30(21-17-27)46-29-10-6-5-7-11-29)34-13-9-12-31(37(32)34)39(44)45-25-26-14-18-28(40)19-15-26/h5-7,10-11,14-21,23-24,31H,2-4,8-9,12-13,22,25H2,1H3. The molecule has 1 aliphatic rings. The molecule has 0 bridgehead atoms. The van der Waals surface area contributed by atoms with Gasteiger partial charge < -0.3 is 9.47 Å². The van der Waals surface area contributed by atoms with Gasteiger partial charge in [-0.15, -0.1) is 11.8 Å². The second-order valence-corrected chi connectivity index (χ2v) is 14.3. The van der Waals surface area contributed by atoms with Gasteiger partial charge in [-0.3, -0.25) is 14.2 Å². The average Bonchev–Trinajstić information content (AvgIpc) is 3.41. The van der Waals surface area contributed by atoms with Gasteiger partial charge in [0.1, 0.15) is 18.1 Å². The first kappa shape index (κ1) is 33.4. The van der Waals surface area contributed by atoms with E-state index in [1.165, 1.54) is 19.3 Å². The van der Waals surface area contributed by atoms with E-state index in [1.54, 1.807) is 40.6 Å². The first-order valence-electron chi connectivity index (χ1n) is 16.2. The summed E-state index contributed by atoms with van der Waals surface area (Å²) in [5, 5.41) is 1.51. The van der Waals surface area contributed by atoms with Crippen molar-refractivity contribution in [3.63, 3.8) is 0 Å². The van der Waals surface area contributed by atoms with E-state index in [-0.39, 0.29) is 18.5 Å². The average molecular weight is 731 g/mol. The summed E-state index contributed by atoms with van der Waals surface area (Å²) in [6.07, 6.45) is 6.81. The summed E-state index contributed by atoms with van der Waals surface area (Å²) in [4.78, 5) is 29.0. The lowest BCUT2D eigenvalue weighted by Crippen LogP contribution is -2.23. The van der Waals surface area contributed by atoms with Gasteiger partial charge in [0.25, 0.3) is 5.91 Å². The van der Waals surface area contributed by atoms with Crippen LogP contribution in [0.3, 0.4) is 0 Å². The zero-order chi connectivity index (χ0) is 32.8. The van der Waals surface area contributed by atoms with Crippen LogP contribution in [-0.2, 0) is 22.6 Å². The minimum Gasteiger partial charge on any atom is -0.460 e. The number of carbonyl (C=O) groups excluding carboxylic acids is 2. The number of hydrogen-bond donors (Lipinski definition) is 0. The smallest absolute Gasteiger partial charge is 0.313 e. The molecule has 8 heteroatoms. The predicted octanol–water partition coefficient (Wildman–Crippen LogP) is 11.4. The molecule has 1 atom stereocenters. The molecule has 1 aromatic heterocycles. The molecule has 0 fully saturated rings. The van der Waals surface area contributed by atoms with Crippen molar-refractivity contribution in [2.45, 2.75) is 69.3 Å². The van der Waals surface area contributed by atoms with E-state index < -0.39 is 5.92 Å². The van der Waals surface area contributed by atoms with Crippen molar-refractivity contribution in [2.75, 3.05) is 5.75 Å². The molecule has 1 aliphatic carbocycles. The number of halogens is 2. The number of para-hydroxylation sites is 1. The minimum absolute atomic E-state index is 0.164. The number of hydrogen-bond acceptors (Lipinski definition) is 5. The summed E-state index contributed by atoms with van der Waals surface area (Å²) in [5.74, 6) is 1.42. The molecule has 6 rings (SSSR count). The molecule has 47 heavy (non-hydrogen) atoms. The molecule has 0 amide bonds. The molecule has 242 valence electrons. The van der Waals surface area contributed by atoms with Crippen LogP contribution < -0.4 is 4.74 Å². The Labute approximate surface area is 293 Å². The van der Waals surface area contributed by atoms with Gasteiger partial charge in [0.15, 0.2) is 0 Å². The molecule has 1 unspecified atom stereocenters. The van der Waals surface area contributed by atoms with E-state index in [1.807, 2.05) is 60.7 Å². The Balaban J connectivity index is 1.35. The third-order valence-corrected chi connectivity index (χ3v) is 10.6. The quantitative estimate of drug-likeness (QED) is 0.0727. The van der Waals surface area contributed by atoms with Gasteiger partial charge in [-0.25, -0.2) is 0 Å². The Morgan fingerprint density at radius 2 is 1.68 bits per heavy atom. The summed E-state index contributed by atoms with van der Waals surface area (Å²) in [5.41, 5.74) is 3.90. The molecule has 5 nitrogen and oxygen atoms in total. The lowest BCUT2D eigenvalue weighted by molar-refractivity contribution is -0.147. The topological polar surface area (TPSA) is 57.5 Å². The van der Waals surface area contributed by atoms with E-state index in [2.05, 4.69) is 28.9 Å². The van der Waals surface area contributed by atoms with Crippen molar-refractivity contribution in [3.05, 3.63) is 123 Å². The number of fused-ring (bicyclic) bond motifs is 3. The highest BCUT2D eigenvalue weighted by atomic mass is 79.9. The van der Waals surface area contributed by atoms with Gasteiger partial charge in [-0.05, 0) is 103 Å². The molecule has 0 saturated carbocycles. The van der Waals surface area contributed by atoms with Crippen LogP contribution in [0, 0.1) is 0 Å². The zero-order valence-corrected chi connectivity index (χ0v) is 29.5. The fourth-order valence-corrected chi connectivity index (χ4v) is 7.71. The molecule has 5 aromatic rings. The van der Waals surface area contributed by atoms with E-state index in [4.69, 9.17) is 21.1 Å². The maximum atomic E-state index is 14.3. The van der Waals surface area contributed by atoms with Crippen LogP contribution in [0.25, 0.3) is 10.9 Å². The van der Waals surface area contributed by atoms with E-state index in [0.717, 1.165) is 61.4 Å². The summed E-state index contributed by atoms with van der Waals surface area (Å²) in [6.45, 7) is 2.40. The molecular formula is C39H37BrClNO4S. The highest BCUT2D eigenvalue weighted by Gasteiger charge is 2.35. The number of nitrogens with zero attached hydrogens (tertiary/aromatic N) is 1. The Bertz CT molecular complexity index is 1860. The highest BCUT2D eigenvalue weighted by Crippen LogP contribution is 2.43. The summed E-state index contributed by atoms with van der Waals surface area (Å²) in [7, 11) is 0. The van der Waals surface area contributed by atoms with Gasteiger partial charge in [0, 0.05) is 26.0 Å². The van der Waals surface area contributed by atoms with Crippen LogP contribution >= 0.6 is 39.3 Å². The largest absolute Gasteiger partial charge is 0.460 e. The van der Waals surface area contributed by atoms with Crippen LogP contribution in [0.15, 0.2) is 100 Å².